The van der Waals surface area contributed by atoms with Crippen LogP contribution in [0.2, 0.25) is 0 Å². The highest BCUT2D eigenvalue weighted by atomic mass is 16.1. The Bertz CT molecular complexity index is 218. The smallest absolute Gasteiger partial charge is 0.135 e. The van der Waals surface area contributed by atoms with E-state index < -0.39 is 0 Å². The van der Waals surface area contributed by atoms with Crippen molar-refractivity contribution >= 4 is 5.78 Å². The van der Waals surface area contributed by atoms with E-state index in [9.17, 15) is 4.79 Å². The number of piperidine rings is 1. The Kier molecular flexibility index (Phi) is 4.61. The molecule has 0 N–H and O–H groups in total. The molecular formula is C11H18N2O. The van der Waals surface area contributed by atoms with Crippen molar-refractivity contribution in [2.24, 2.45) is 5.92 Å². The molecule has 1 heterocycles. The third-order valence-corrected chi connectivity index (χ3v) is 2.63. The highest BCUT2D eigenvalue weighted by molar-refractivity contribution is 5.79. The molecule has 0 unspecified atom stereocenters. The predicted molar refractivity (Wildman–Crippen MR) is 54.7 cm³/mol. The van der Waals surface area contributed by atoms with E-state index in [-0.39, 0.29) is 0 Å². The van der Waals surface area contributed by atoms with Crippen molar-refractivity contribution in [3.8, 4) is 6.07 Å². The van der Waals surface area contributed by atoms with Crippen molar-refractivity contribution in [3.63, 3.8) is 0 Å². The second kappa shape index (κ2) is 5.77. The van der Waals surface area contributed by atoms with E-state index in [1.807, 2.05) is 0 Å². The Balaban J connectivity index is 0.000000293. The molecule has 0 bridgehead atoms. The van der Waals surface area contributed by atoms with E-state index in [1.165, 1.54) is 26.3 Å². The summed E-state index contributed by atoms with van der Waals surface area (Å²) in [6, 6.07) is 1.75. The number of rotatable bonds is 2. The third-order valence-electron chi connectivity index (χ3n) is 2.63. The molecular weight excluding hydrogens is 176 g/mol. The van der Waals surface area contributed by atoms with Gasteiger partial charge in [0.05, 0.1) is 6.07 Å². The Labute approximate surface area is 85.7 Å². The second-order valence-corrected chi connectivity index (χ2v) is 4.01. The van der Waals surface area contributed by atoms with E-state index in [1.54, 1.807) is 6.07 Å². The molecule has 3 heteroatoms. The molecule has 0 aromatic carbocycles. The molecule has 2 fully saturated rings. The molecule has 78 valence electrons. The Morgan fingerprint density at radius 3 is 2.36 bits per heavy atom. The molecule has 1 saturated heterocycles. The summed E-state index contributed by atoms with van der Waals surface area (Å²) in [4.78, 5) is 13.3. The van der Waals surface area contributed by atoms with E-state index >= 15 is 0 Å². The van der Waals surface area contributed by atoms with Gasteiger partial charge in [-0.1, -0.05) is 0 Å². The van der Waals surface area contributed by atoms with Gasteiger partial charge in [-0.25, -0.2) is 0 Å². The van der Waals surface area contributed by atoms with Crippen LogP contribution in [-0.2, 0) is 4.79 Å². The number of Topliss-reactive ketones (excluding diaryl/α,β-unsaturated/α-hetero) is 1. The van der Waals surface area contributed by atoms with Gasteiger partial charge in [0.1, 0.15) is 5.78 Å². The van der Waals surface area contributed by atoms with Gasteiger partial charge < -0.3 is 4.90 Å². The summed E-state index contributed by atoms with van der Waals surface area (Å²) < 4.78 is 0. The molecule has 0 aromatic heterocycles. The Hall–Kier alpha value is -0.880. The average molecular weight is 194 g/mol. The van der Waals surface area contributed by atoms with Gasteiger partial charge in [-0.3, -0.25) is 4.79 Å². The van der Waals surface area contributed by atoms with E-state index in [4.69, 9.17) is 5.26 Å². The normalized spacial score (nSPS) is 22.1. The standard InChI is InChI=1S/C9H15NO.C2H3N/c11-9-3-5-10(6-4-9)7-8-1-2-8;1-2-3/h8H,1-7H2;1H3. The van der Waals surface area contributed by atoms with Crippen LogP contribution in [0.25, 0.3) is 0 Å². The Morgan fingerprint density at radius 1 is 1.43 bits per heavy atom. The van der Waals surface area contributed by atoms with Crippen molar-refractivity contribution in [2.75, 3.05) is 19.6 Å². The van der Waals surface area contributed by atoms with Gasteiger partial charge in [0.15, 0.2) is 0 Å². The molecule has 0 aromatic rings. The molecule has 0 amide bonds. The molecule has 3 nitrogen and oxygen atoms in total. The summed E-state index contributed by atoms with van der Waals surface area (Å²) >= 11 is 0. The van der Waals surface area contributed by atoms with Crippen LogP contribution in [0.4, 0.5) is 0 Å². The zero-order chi connectivity index (χ0) is 10.4. The van der Waals surface area contributed by atoms with Gasteiger partial charge in [-0.2, -0.15) is 5.26 Å². The van der Waals surface area contributed by atoms with Crippen LogP contribution in [0.1, 0.15) is 32.6 Å². The first kappa shape index (κ1) is 11.2. The quantitative estimate of drug-likeness (QED) is 0.670. The van der Waals surface area contributed by atoms with Crippen LogP contribution in [0.5, 0.6) is 0 Å². The maximum absolute atomic E-state index is 10.9. The first-order valence-corrected chi connectivity index (χ1v) is 5.31. The maximum Gasteiger partial charge on any atom is 0.135 e. The molecule has 14 heavy (non-hydrogen) atoms. The monoisotopic (exact) mass is 194 g/mol. The third kappa shape index (κ3) is 4.38. The fraction of sp³-hybridized carbons (Fsp3) is 0.818. The van der Waals surface area contributed by atoms with Gasteiger partial charge >= 0.3 is 0 Å². The van der Waals surface area contributed by atoms with Gasteiger partial charge in [0.2, 0.25) is 0 Å². The molecule has 1 aliphatic carbocycles. The average Bonchev–Trinajstić information content (AvgIpc) is 2.94. The van der Waals surface area contributed by atoms with Gasteiger partial charge in [0, 0.05) is 39.4 Å². The molecule has 2 aliphatic rings. The molecule has 1 saturated carbocycles. The summed E-state index contributed by atoms with van der Waals surface area (Å²) in [5.41, 5.74) is 0. The first-order valence-electron chi connectivity index (χ1n) is 5.31. The SMILES string of the molecule is CC#N.O=C1CCN(CC2CC2)CC1. The number of carbonyl (C=O) groups is 1. The highest BCUT2D eigenvalue weighted by Gasteiger charge is 2.25. The lowest BCUT2D eigenvalue weighted by Gasteiger charge is -2.25. The van der Waals surface area contributed by atoms with Crippen molar-refractivity contribution in [3.05, 3.63) is 0 Å². The van der Waals surface area contributed by atoms with Gasteiger partial charge in [-0.15, -0.1) is 0 Å². The van der Waals surface area contributed by atoms with Gasteiger partial charge in [0.25, 0.3) is 0 Å². The molecule has 0 radical (unpaired) electrons. The topological polar surface area (TPSA) is 44.1 Å². The number of likely N-dealkylation sites (tertiary alicyclic amines) is 1. The zero-order valence-corrected chi connectivity index (χ0v) is 8.83. The van der Waals surface area contributed by atoms with E-state index in [2.05, 4.69) is 4.90 Å². The van der Waals surface area contributed by atoms with Crippen LogP contribution in [0.15, 0.2) is 0 Å². The fourth-order valence-corrected chi connectivity index (χ4v) is 1.65. The van der Waals surface area contributed by atoms with Crippen molar-refractivity contribution < 1.29 is 4.79 Å². The minimum absolute atomic E-state index is 0.456. The number of nitriles is 1. The number of hydrogen-bond donors (Lipinski definition) is 0. The summed E-state index contributed by atoms with van der Waals surface area (Å²) in [6.45, 7) is 4.73. The minimum Gasteiger partial charge on any atom is -0.302 e. The highest BCUT2D eigenvalue weighted by Crippen LogP contribution is 2.30. The second-order valence-electron chi connectivity index (χ2n) is 4.01. The first-order chi connectivity index (χ1) is 6.76. The van der Waals surface area contributed by atoms with Crippen molar-refractivity contribution in [1.82, 2.24) is 4.90 Å². The summed E-state index contributed by atoms with van der Waals surface area (Å²) in [7, 11) is 0. The van der Waals surface area contributed by atoms with E-state index in [0.29, 0.717) is 5.78 Å². The van der Waals surface area contributed by atoms with Crippen LogP contribution < -0.4 is 0 Å². The lowest BCUT2D eigenvalue weighted by atomic mass is 10.1. The molecule has 0 atom stereocenters. The predicted octanol–water partition coefficient (Wildman–Crippen LogP) is 1.59. The van der Waals surface area contributed by atoms with Crippen molar-refractivity contribution in [1.29, 1.82) is 5.26 Å². The van der Waals surface area contributed by atoms with Crippen molar-refractivity contribution in [2.45, 2.75) is 32.6 Å². The van der Waals surface area contributed by atoms with Crippen LogP contribution in [0.3, 0.4) is 0 Å². The fourth-order valence-electron chi connectivity index (χ4n) is 1.65. The number of hydrogen-bond acceptors (Lipinski definition) is 3. The number of nitrogens with zero attached hydrogens (tertiary/aromatic N) is 2. The summed E-state index contributed by atoms with van der Waals surface area (Å²) in [5, 5.41) is 7.32. The minimum atomic E-state index is 0.456. The lowest BCUT2D eigenvalue weighted by molar-refractivity contribution is -0.121. The van der Waals surface area contributed by atoms with Crippen LogP contribution in [0, 0.1) is 17.2 Å². The molecule has 1 aliphatic heterocycles. The summed E-state index contributed by atoms with van der Waals surface area (Å²) in [6.07, 6.45) is 4.44. The zero-order valence-electron chi connectivity index (χ0n) is 8.83. The van der Waals surface area contributed by atoms with Gasteiger partial charge in [-0.05, 0) is 18.8 Å². The Morgan fingerprint density at radius 2 is 1.93 bits per heavy atom. The largest absolute Gasteiger partial charge is 0.302 e. The van der Waals surface area contributed by atoms with E-state index in [0.717, 1.165) is 31.8 Å². The van der Waals surface area contributed by atoms with Crippen LogP contribution >= 0.6 is 0 Å². The number of ketones is 1. The number of carbonyl (C=O) groups excluding carboxylic acids is 1. The van der Waals surface area contributed by atoms with Crippen LogP contribution in [-0.4, -0.2) is 30.3 Å². The summed E-state index contributed by atoms with van der Waals surface area (Å²) in [5.74, 6) is 1.43. The lowest BCUT2D eigenvalue weighted by Crippen LogP contribution is -2.35. The molecule has 0 spiro atoms. The molecule has 2 rings (SSSR count). The maximum atomic E-state index is 10.9.